The molecule has 33 heavy (non-hydrogen) atoms. The minimum Gasteiger partial charge on any atom is -0.475 e. The molecule has 0 saturated carbocycles. The van der Waals surface area contributed by atoms with Gasteiger partial charge in [-0.25, -0.2) is 4.79 Å². The minimum absolute atomic E-state index is 0.0324. The summed E-state index contributed by atoms with van der Waals surface area (Å²) in [5.74, 6) is -0.143. The lowest BCUT2D eigenvalue weighted by atomic mass is 10.1. The van der Waals surface area contributed by atoms with Crippen molar-refractivity contribution in [3.05, 3.63) is 58.5 Å². The van der Waals surface area contributed by atoms with Crippen LogP contribution >= 0.6 is 11.3 Å². The van der Waals surface area contributed by atoms with Gasteiger partial charge in [0.1, 0.15) is 11.4 Å². The fraction of sp³-hybridized carbons (Fsp3) is 0.348. The van der Waals surface area contributed by atoms with Gasteiger partial charge >= 0.3 is 12.6 Å². The van der Waals surface area contributed by atoms with Crippen LogP contribution in [0.15, 0.2) is 48.1 Å². The van der Waals surface area contributed by atoms with E-state index in [1.807, 2.05) is 4.90 Å². The van der Waals surface area contributed by atoms with E-state index in [0.29, 0.717) is 17.9 Å². The molecule has 3 rings (SSSR count). The first-order valence-corrected chi connectivity index (χ1v) is 11.1. The summed E-state index contributed by atoms with van der Waals surface area (Å²) in [6.07, 6.45) is 1.74. The van der Waals surface area contributed by atoms with Crippen molar-refractivity contribution in [3.8, 4) is 11.6 Å². The molecule has 0 aliphatic heterocycles. The molecule has 0 aliphatic rings. The highest BCUT2D eigenvalue weighted by Gasteiger charge is 2.20. The van der Waals surface area contributed by atoms with Gasteiger partial charge in [-0.3, -0.25) is 4.98 Å². The lowest BCUT2D eigenvalue weighted by Gasteiger charge is -2.25. The number of halogens is 2. The highest BCUT2D eigenvalue weighted by molar-refractivity contribution is 7.09. The summed E-state index contributed by atoms with van der Waals surface area (Å²) in [6.45, 7) is 4.80. The second-order valence-corrected chi connectivity index (χ2v) is 8.86. The van der Waals surface area contributed by atoms with E-state index in [-0.39, 0.29) is 18.2 Å². The van der Waals surface area contributed by atoms with Gasteiger partial charge in [0.2, 0.25) is 0 Å². The first-order chi connectivity index (χ1) is 15.7. The number of carbonyl (C=O) groups excluding carboxylic acids is 1. The fourth-order valence-corrected chi connectivity index (χ4v) is 3.47. The number of alkyl halides is 2. The average molecular weight is 478 g/mol. The number of anilines is 2. The van der Waals surface area contributed by atoms with Crippen LogP contribution in [0.1, 0.15) is 42.9 Å². The number of esters is 1. The summed E-state index contributed by atoms with van der Waals surface area (Å²) in [5, 5.41) is 0. The third kappa shape index (κ3) is 6.85. The second-order valence-electron chi connectivity index (χ2n) is 7.89. The predicted octanol–water partition coefficient (Wildman–Crippen LogP) is 5.83. The van der Waals surface area contributed by atoms with Gasteiger partial charge in [-0.15, -0.1) is 11.3 Å². The van der Waals surface area contributed by atoms with Gasteiger partial charge in [-0.2, -0.15) is 13.8 Å². The normalized spacial score (nSPS) is 11.4. The number of hydrogen-bond donors (Lipinski definition) is 0. The molecule has 2 aromatic heterocycles. The van der Waals surface area contributed by atoms with E-state index in [2.05, 4.69) is 14.7 Å². The maximum atomic E-state index is 12.8. The number of thiazole rings is 1. The Hall–Kier alpha value is -3.27. The number of pyridine rings is 1. The maximum Gasteiger partial charge on any atom is 0.387 e. The summed E-state index contributed by atoms with van der Waals surface area (Å²) in [7, 11) is 0. The van der Waals surface area contributed by atoms with E-state index in [9.17, 15) is 13.6 Å². The first-order valence-electron chi connectivity index (χ1n) is 10.2. The number of rotatable bonds is 9. The Labute approximate surface area is 195 Å². The van der Waals surface area contributed by atoms with Crippen LogP contribution in [0.5, 0.6) is 11.6 Å². The smallest absolute Gasteiger partial charge is 0.387 e. The molecule has 0 spiro atoms. The molecule has 0 N–H and O–H groups in total. The summed E-state index contributed by atoms with van der Waals surface area (Å²) in [4.78, 5) is 23.7. The highest BCUT2D eigenvalue weighted by atomic mass is 32.1. The topological polar surface area (TPSA) is 73.8 Å². The molecule has 0 saturated heterocycles. The lowest BCUT2D eigenvalue weighted by molar-refractivity contribution is -0.0518. The number of ether oxygens (including phenoxy) is 3. The average Bonchev–Trinajstić information content (AvgIpc) is 3.25. The zero-order valence-corrected chi connectivity index (χ0v) is 19.6. The monoisotopic (exact) mass is 477 g/mol. The Morgan fingerprint density at radius 2 is 1.88 bits per heavy atom. The van der Waals surface area contributed by atoms with Crippen molar-refractivity contribution in [2.45, 2.75) is 46.5 Å². The van der Waals surface area contributed by atoms with E-state index in [1.54, 1.807) is 69.7 Å². The van der Waals surface area contributed by atoms with Gasteiger partial charge in [0.05, 0.1) is 24.2 Å². The molecule has 176 valence electrons. The molecule has 0 aliphatic carbocycles. The Morgan fingerprint density at radius 1 is 1.15 bits per heavy atom. The fourth-order valence-electron chi connectivity index (χ4n) is 2.89. The third-order valence-electron chi connectivity index (χ3n) is 4.20. The third-order valence-corrected chi connectivity index (χ3v) is 4.96. The molecule has 0 bridgehead atoms. The summed E-state index contributed by atoms with van der Waals surface area (Å²) in [6, 6.07) is 9.84. The van der Waals surface area contributed by atoms with Crippen LogP contribution in [0.4, 0.5) is 20.3 Å². The van der Waals surface area contributed by atoms with E-state index in [4.69, 9.17) is 9.47 Å². The Balaban J connectivity index is 1.95. The van der Waals surface area contributed by atoms with Crippen LogP contribution < -0.4 is 14.4 Å². The van der Waals surface area contributed by atoms with E-state index >= 15 is 0 Å². The van der Waals surface area contributed by atoms with Gasteiger partial charge in [0, 0.05) is 16.8 Å². The zero-order chi connectivity index (χ0) is 24.0. The molecule has 7 nitrogen and oxygen atoms in total. The first kappa shape index (κ1) is 24.4. The summed E-state index contributed by atoms with van der Waals surface area (Å²) in [5.41, 5.74) is 2.26. The molecule has 0 radical (unpaired) electrons. The van der Waals surface area contributed by atoms with Crippen molar-refractivity contribution >= 4 is 28.8 Å². The van der Waals surface area contributed by atoms with Crippen molar-refractivity contribution in [1.82, 2.24) is 9.97 Å². The standard InChI is InChI=1S/C23H25F2N3O4S/c1-5-30-20-18(31-22(24)25)10-11-19(27-20)28(13-17-12-26-14-33-17)16-8-6-15(7-9-16)21(29)32-23(2,3)4/h6-12,14,22H,5,13H2,1-4H3. The molecule has 0 atom stereocenters. The van der Waals surface area contributed by atoms with Crippen LogP contribution in [-0.4, -0.2) is 34.8 Å². The molecule has 0 fully saturated rings. The quantitative estimate of drug-likeness (QED) is 0.359. The van der Waals surface area contributed by atoms with Gasteiger partial charge in [-0.1, -0.05) is 0 Å². The van der Waals surface area contributed by atoms with Crippen LogP contribution in [0, 0.1) is 0 Å². The highest BCUT2D eigenvalue weighted by Crippen LogP contribution is 2.34. The van der Waals surface area contributed by atoms with E-state index in [0.717, 1.165) is 10.6 Å². The molecule has 1 aromatic carbocycles. The van der Waals surface area contributed by atoms with Crippen LogP contribution in [0.3, 0.4) is 0 Å². The molecular weight excluding hydrogens is 452 g/mol. The molecule has 0 amide bonds. The van der Waals surface area contributed by atoms with Crippen molar-refractivity contribution in [2.75, 3.05) is 11.5 Å². The second kappa shape index (κ2) is 10.6. The Kier molecular flexibility index (Phi) is 7.80. The number of hydrogen-bond acceptors (Lipinski definition) is 8. The largest absolute Gasteiger partial charge is 0.475 e. The van der Waals surface area contributed by atoms with Gasteiger partial charge < -0.3 is 19.1 Å². The number of nitrogens with zero attached hydrogens (tertiary/aromatic N) is 3. The summed E-state index contributed by atoms with van der Waals surface area (Å²) >= 11 is 1.47. The van der Waals surface area contributed by atoms with Crippen molar-refractivity contribution in [2.24, 2.45) is 0 Å². The van der Waals surface area contributed by atoms with Crippen LogP contribution in [0.25, 0.3) is 0 Å². The van der Waals surface area contributed by atoms with E-state index < -0.39 is 18.2 Å². The summed E-state index contributed by atoms with van der Waals surface area (Å²) < 4.78 is 40.9. The van der Waals surface area contributed by atoms with Crippen LogP contribution in [0.2, 0.25) is 0 Å². The van der Waals surface area contributed by atoms with Crippen molar-refractivity contribution in [3.63, 3.8) is 0 Å². The van der Waals surface area contributed by atoms with Crippen molar-refractivity contribution in [1.29, 1.82) is 0 Å². The molecule has 10 heteroatoms. The predicted molar refractivity (Wildman–Crippen MR) is 122 cm³/mol. The molecular formula is C23H25F2N3O4S. The van der Waals surface area contributed by atoms with Gasteiger partial charge in [-0.05, 0) is 64.1 Å². The van der Waals surface area contributed by atoms with Gasteiger partial charge in [0.15, 0.2) is 5.75 Å². The molecule has 2 heterocycles. The maximum absolute atomic E-state index is 12.8. The van der Waals surface area contributed by atoms with E-state index in [1.165, 1.54) is 17.4 Å². The Bertz CT molecular complexity index is 1050. The number of aromatic nitrogens is 2. The SMILES string of the molecule is CCOc1nc(N(Cc2cncs2)c2ccc(C(=O)OC(C)(C)C)cc2)ccc1OC(F)F. The Morgan fingerprint density at radius 3 is 2.45 bits per heavy atom. The number of carbonyl (C=O) groups is 1. The number of benzene rings is 1. The lowest BCUT2D eigenvalue weighted by Crippen LogP contribution is -2.24. The zero-order valence-electron chi connectivity index (χ0n) is 18.7. The van der Waals surface area contributed by atoms with Gasteiger partial charge in [0.25, 0.3) is 5.88 Å². The molecule has 0 unspecified atom stereocenters. The molecule has 3 aromatic rings. The minimum atomic E-state index is -2.99. The van der Waals surface area contributed by atoms with Crippen molar-refractivity contribution < 1.29 is 27.8 Å². The van der Waals surface area contributed by atoms with Crippen LogP contribution in [-0.2, 0) is 11.3 Å².